The fraction of sp³-hybridized carbons (Fsp3) is 0.476. The number of carbonyl (C=O) groups excluding carboxylic acids is 2. The van der Waals surface area contributed by atoms with Crippen LogP contribution in [-0.4, -0.2) is 58.8 Å². The maximum Gasteiger partial charge on any atom is 0.254 e. The third-order valence-electron chi connectivity index (χ3n) is 5.09. The Hall–Kier alpha value is -2.87. The summed E-state index contributed by atoms with van der Waals surface area (Å²) in [5, 5.41) is 7.04. The Morgan fingerprint density at radius 2 is 2.07 bits per heavy atom. The van der Waals surface area contributed by atoms with Crippen molar-refractivity contribution >= 4 is 11.8 Å². The number of nitrogens with one attached hydrogen (secondary N) is 1. The van der Waals surface area contributed by atoms with Gasteiger partial charge in [-0.3, -0.25) is 14.3 Å². The van der Waals surface area contributed by atoms with Gasteiger partial charge in [0.15, 0.2) is 0 Å². The summed E-state index contributed by atoms with van der Waals surface area (Å²) in [7, 11) is 3.40. The lowest BCUT2D eigenvalue weighted by Crippen LogP contribution is -2.49. The van der Waals surface area contributed by atoms with Crippen LogP contribution in [0.5, 0.6) is 5.75 Å². The Labute approximate surface area is 170 Å². The summed E-state index contributed by atoms with van der Waals surface area (Å²) in [6.45, 7) is 3.33. The number of hydrogen-bond acceptors (Lipinski definition) is 5. The molecule has 2 aromatic rings. The summed E-state index contributed by atoms with van der Waals surface area (Å²) in [4.78, 5) is 26.7. The monoisotopic (exact) mass is 400 g/mol. The number of aromatic nitrogens is 2. The van der Waals surface area contributed by atoms with Crippen LogP contribution in [0.15, 0.2) is 36.7 Å². The highest BCUT2D eigenvalue weighted by molar-refractivity contribution is 5.93. The third kappa shape index (κ3) is 5.57. The Balaban J connectivity index is 1.43. The summed E-state index contributed by atoms with van der Waals surface area (Å²) < 4.78 is 12.6. The van der Waals surface area contributed by atoms with Gasteiger partial charge >= 0.3 is 0 Å². The molecule has 2 heterocycles. The molecule has 0 spiro atoms. The number of amides is 2. The number of carbonyl (C=O) groups is 2. The van der Waals surface area contributed by atoms with Crippen molar-refractivity contribution in [2.24, 2.45) is 7.05 Å². The Morgan fingerprint density at radius 3 is 2.72 bits per heavy atom. The SMILES string of the molecule is COc1cccc(COC(C)C(=O)N2CCC(NC(=O)c3cnn(C)c3)CC2)c1. The van der Waals surface area contributed by atoms with Gasteiger partial charge in [0, 0.05) is 32.4 Å². The average molecular weight is 400 g/mol. The molecule has 29 heavy (non-hydrogen) atoms. The number of likely N-dealkylation sites (tertiary alicyclic amines) is 1. The van der Waals surface area contributed by atoms with E-state index in [-0.39, 0.29) is 17.9 Å². The van der Waals surface area contributed by atoms with Crippen molar-refractivity contribution in [2.75, 3.05) is 20.2 Å². The van der Waals surface area contributed by atoms with E-state index < -0.39 is 6.10 Å². The molecular weight excluding hydrogens is 372 g/mol. The van der Waals surface area contributed by atoms with E-state index in [1.165, 1.54) is 0 Å². The number of benzene rings is 1. The van der Waals surface area contributed by atoms with E-state index in [1.807, 2.05) is 29.2 Å². The minimum Gasteiger partial charge on any atom is -0.497 e. The fourth-order valence-electron chi connectivity index (χ4n) is 3.36. The number of rotatable bonds is 7. The fourth-order valence-corrected chi connectivity index (χ4v) is 3.36. The van der Waals surface area contributed by atoms with Crippen molar-refractivity contribution in [3.8, 4) is 5.75 Å². The van der Waals surface area contributed by atoms with Crippen molar-refractivity contribution in [1.82, 2.24) is 20.0 Å². The van der Waals surface area contributed by atoms with E-state index in [0.29, 0.717) is 25.3 Å². The highest BCUT2D eigenvalue weighted by Gasteiger charge is 2.27. The van der Waals surface area contributed by atoms with Crippen LogP contribution in [0.4, 0.5) is 0 Å². The van der Waals surface area contributed by atoms with Crippen molar-refractivity contribution < 1.29 is 19.1 Å². The Morgan fingerprint density at radius 1 is 1.31 bits per heavy atom. The zero-order valence-electron chi connectivity index (χ0n) is 17.1. The van der Waals surface area contributed by atoms with Gasteiger partial charge in [0.2, 0.25) is 0 Å². The molecule has 3 rings (SSSR count). The molecular formula is C21H28N4O4. The highest BCUT2D eigenvalue weighted by atomic mass is 16.5. The lowest BCUT2D eigenvalue weighted by molar-refractivity contribution is -0.144. The molecule has 1 aliphatic rings. The molecule has 1 saturated heterocycles. The van der Waals surface area contributed by atoms with Crippen LogP contribution in [0.2, 0.25) is 0 Å². The minimum absolute atomic E-state index is 0.0232. The van der Waals surface area contributed by atoms with Gasteiger partial charge in [-0.05, 0) is 37.5 Å². The summed E-state index contributed by atoms with van der Waals surface area (Å²) >= 11 is 0. The molecule has 0 aliphatic carbocycles. The maximum absolute atomic E-state index is 12.7. The van der Waals surface area contributed by atoms with Crippen LogP contribution in [0.3, 0.4) is 0 Å². The van der Waals surface area contributed by atoms with Gasteiger partial charge in [-0.2, -0.15) is 5.10 Å². The largest absolute Gasteiger partial charge is 0.497 e. The Bertz CT molecular complexity index is 843. The van der Waals surface area contributed by atoms with Crippen LogP contribution < -0.4 is 10.1 Å². The predicted molar refractivity (Wildman–Crippen MR) is 108 cm³/mol. The van der Waals surface area contributed by atoms with E-state index in [9.17, 15) is 9.59 Å². The van der Waals surface area contributed by atoms with Crippen LogP contribution in [0, 0.1) is 0 Å². The number of aryl methyl sites for hydroxylation is 1. The molecule has 0 bridgehead atoms. The first-order valence-corrected chi connectivity index (χ1v) is 9.79. The van der Waals surface area contributed by atoms with Crippen molar-refractivity contribution in [2.45, 2.75) is 38.5 Å². The quantitative estimate of drug-likeness (QED) is 0.765. The van der Waals surface area contributed by atoms with Crippen LogP contribution in [0.25, 0.3) is 0 Å². The first kappa shape index (κ1) is 20.9. The molecule has 1 aromatic heterocycles. The molecule has 1 N–H and O–H groups in total. The lowest BCUT2D eigenvalue weighted by atomic mass is 10.0. The molecule has 1 atom stereocenters. The molecule has 8 nitrogen and oxygen atoms in total. The normalized spacial score (nSPS) is 15.8. The third-order valence-corrected chi connectivity index (χ3v) is 5.09. The van der Waals surface area contributed by atoms with E-state index >= 15 is 0 Å². The Kier molecular flexibility index (Phi) is 6.87. The molecule has 156 valence electrons. The zero-order valence-corrected chi connectivity index (χ0v) is 17.1. The molecule has 0 saturated carbocycles. The molecule has 8 heteroatoms. The van der Waals surface area contributed by atoms with Gasteiger partial charge in [-0.25, -0.2) is 0 Å². The number of ether oxygens (including phenoxy) is 2. The number of nitrogens with zero attached hydrogens (tertiary/aromatic N) is 3. The number of piperidine rings is 1. The van der Waals surface area contributed by atoms with E-state index in [1.54, 1.807) is 38.2 Å². The van der Waals surface area contributed by atoms with Crippen molar-refractivity contribution in [1.29, 1.82) is 0 Å². The zero-order chi connectivity index (χ0) is 20.8. The van der Waals surface area contributed by atoms with Gasteiger partial charge in [0.05, 0.1) is 25.5 Å². The molecule has 1 aliphatic heterocycles. The number of hydrogen-bond donors (Lipinski definition) is 1. The van der Waals surface area contributed by atoms with Gasteiger partial charge < -0.3 is 19.7 Å². The molecule has 1 aromatic carbocycles. The number of methoxy groups -OCH3 is 1. The minimum atomic E-state index is -0.525. The van der Waals surface area contributed by atoms with E-state index in [4.69, 9.17) is 9.47 Å². The second kappa shape index (κ2) is 9.56. The maximum atomic E-state index is 12.7. The van der Waals surface area contributed by atoms with Gasteiger partial charge in [0.1, 0.15) is 11.9 Å². The first-order chi connectivity index (χ1) is 14.0. The van der Waals surface area contributed by atoms with Crippen LogP contribution in [-0.2, 0) is 23.2 Å². The predicted octanol–water partition coefficient (Wildman–Crippen LogP) is 1.75. The van der Waals surface area contributed by atoms with E-state index in [0.717, 1.165) is 24.2 Å². The smallest absolute Gasteiger partial charge is 0.254 e. The summed E-state index contributed by atoms with van der Waals surface area (Å²) in [5.41, 5.74) is 1.51. The van der Waals surface area contributed by atoms with Crippen LogP contribution >= 0.6 is 0 Å². The second-order valence-corrected chi connectivity index (χ2v) is 7.28. The summed E-state index contributed by atoms with van der Waals surface area (Å²) in [6.07, 6.45) is 4.16. The highest BCUT2D eigenvalue weighted by Crippen LogP contribution is 2.16. The van der Waals surface area contributed by atoms with E-state index in [2.05, 4.69) is 10.4 Å². The second-order valence-electron chi connectivity index (χ2n) is 7.28. The molecule has 1 fully saturated rings. The molecule has 0 radical (unpaired) electrons. The van der Waals surface area contributed by atoms with Gasteiger partial charge in [-0.1, -0.05) is 12.1 Å². The lowest BCUT2D eigenvalue weighted by Gasteiger charge is -2.33. The average Bonchev–Trinajstić information content (AvgIpc) is 3.18. The summed E-state index contributed by atoms with van der Waals surface area (Å²) in [6, 6.07) is 7.66. The standard InChI is InChI=1S/C21H28N4O4/c1-15(29-14-16-5-4-6-19(11-16)28-3)21(27)25-9-7-18(8-10-25)23-20(26)17-12-22-24(2)13-17/h4-6,11-13,15,18H,7-10,14H2,1-3H3,(H,23,26). The molecule has 1 unspecified atom stereocenters. The topological polar surface area (TPSA) is 85.7 Å². The van der Waals surface area contributed by atoms with Gasteiger partial charge in [0.25, 0.3) is 11.8 Å². The first-order valence-electron chi connectivity index (χ1n) is 9.79. The van der Waals surface area contributed by atoms with Crippen molar-refractivity contribution in [3.63, 3.8) is 0 Å². The summed E-state index contributed by atoms with van der Waals surface area (Å²) in [5.74, 6) is 0.614. The van der Waals surface area contributed by atoms with Gasteiger partial charge in [-0.15, -0.1) is 0 Å². The molecule has 2 amide bonds. The van der Waals surface area contributed by atoms with Crippen LogP contribution in [0.1, 0.15) is 35.7 Å². The van der Waals surface area contributed by atoms with Crippen molar-refractivity contribution in [3.05, 3.63) is 47.8 Å².